The fourth-order valence-electron chi connectivity index (χ4n) is 2.22. The topological polar surface area (TPSA) is 0 Å². The molecule has 0 fully saturated rings. The first-order chi connectivity index (χ1) is 12.1. The van der Waals surface area contributed by atoms with Gasteiger partial charge in [0.25, 0.3) is 0 Å². The third-order valence-electron chi connectivity index (χ3n) is 3.72. The van der Waals surface area contributed by atoms with Crippen LogP contribution in [0.25, 0.3) is 0 Å². The third-order valence-corrected chi connectivity index (χ3v) is 4.84. The van der Waals surface area contributed by atoms with Crippen LogP contribution in [0.1, 0.15) is 52.7 Å². The van der Waals surface area contributed by atoms with Gasteiger partial charge in [0, 0.05) is 11.8 Å². The van der Waals surface area contributed by atoms with Gasteiger partial charge in [-0.25, -0.2) is 0 Å². The zero-order valence-corrected chi connectivity index (χ0v) is 18.6. The van der Waals surface area contributed by atoms with E-state index in [-0.39, 0.29) is 10.8 Å². The summed E-state index contributed by atoms with van der Waals surface area (Å²) in [5.74, 6) is 0. The summed E-state index contributed by atoms with van der Waals surface area (Å²) in [4.78, 5) is 2.71. The normalized spacial score (nSPS) is 15.1. The van der Waals surface area contributed by atoms with Crippen LogP contribution in [-0.2, 0) is 22.6 Å². The maximum atomic E-state index is 9.87. The van der Waals surface area contributed by atoms with Gasteiger partial charge in [-0.05, 0) is 46.2 Å². The second-order valence-corrected chi connectivity index (χ2v) is 11.8. The summed E-state index contributed by atoms with van der Waals surface area (Å²) in [6.45, 7) is 13.5. The maximum absolute atomic E-state index is 10.7. The molecule has 0 N–H and O–H groups in total. The third kappa shape index (κ3) is 11.6. The van der Waals surface area contributed by atoms with Crippen LogP contribution in [0.4, 0.5) is 25.2 Å². The van der Waals surface area contributed by atoms with Crippen molar-refractivity contribution in [2.24, 2.45) is 0 Å². The number of benzene rings is 2. The summed E-state index contributed by atoms with van der Waals surface area (Å²) in [5, 5.41) is 0. The van der Waals surface area contributed by atoms with Gasteiger partial charge in [0.1, 0.15) is 0 Å². The molecule has 0 spiro atoms. The van der Waals surface area contributed by atoms with Crippen LogP contribution >= 0.6 is 7.81 Å². The molecule has 0 unspecified atom stereocenters. The fourth-order valence-corrected chi connectivity index (χ4v) is 3.12. The van der Waals surface area contributed by atoms with Crippen LogP contribution in [-0.4, -0.2) is 0 Å². The Kier molecular flexibility index (Phi) is 6.43. The van der Waals surface area contributed by atoms with Gasteiger partial charge < -0.3 is 0 Å². The van der Waals surface area contributed by atoms with Crippen LogP contribution in [0.5, 0.6) is 0 Å². The zero-order valence-electron chi connectivity index (χ0n) is 16.8. The SMILES string of the molecule is CC(C)(C)c1ccc([SH+]c2ccc(C(C)(C)C)cc2)cc1.F[P-](F)(F)(F)(F)F. The Balaban J connectivity index is 0.000000480. The molecule has 0 saturated carbocycles. The first-order valence-corrected chi connectivity index (χ1v) is 11.5. The summed E-state index contributed by atoms with van der Waals surface area (Å²) in [6.07, 6.45) is 0. The summed E-state index contributed by atoms with van der Waals surface area (Å²) in [5.41, 5.74) is 3.24. The Morgan fingerprint density at radius 3 is 0.929 bits per heavy atom. The predicted octanol–water partition coefficient (Wildman–Crippen LogP) is 8.90. The number of hydrogen-bond donors (Lipinski definition) is 0. The monoisotopic (exact) mass is 444 g/mol. The predicted molar refractivity (Wildman–Crippen MR) is 109 cm³/mol. The van der Waals surface area contributed by atoms with E-state index in [4.69, 9.17) is 0 Å². The van der Waals surface area contributed by atoms with Crippen molar-refractivity contribution in [3.63, 3.8) is 0 Å². The first kappa shape index (κ1) is 24.8. The van der Waals surface area contributed by atoms with Crippen LogP contribution < -0.4 is 0 Å². The minimum atomic E-state index is -10.7. The van der Waals surface area contributed by atoms with E-state index in [1.54, 1.807) is 0 Å². The number of thiol groups is 1. The van der Waals surface area contributed by atoms with Gasteiger partial charge in [-0.1, -0.05) is 65.8 Å². The Labute approximate surface area is 167 Å². The van der Waals surface area contributed by atoms with Crippen molar-refractivity contribution in [2.45, 2.75) is 62.2 Å². The van der Waals surface area contributed by atoms with E-state index in [2.05, 4.69) is 90.1 Å². The molecular weight excluding hydrogens is 417 g/mol. The molecule has 0 amide bonds. The second-order valence-electron chi connectivity index (χ2n) is 8.66. The van der Waals surface area contributed by atoms with Gasteiger partial charge in [-0.2, -0.15) is 0 Å². The van der Waals surface area contributed by atoms with Crippen molar-refractivity contribution >= 4 is 19.6 Å². The van der Waals surface area contributed by atoms with Crippen molar-refractivity contribution in [3.8, 4) is 0 Å². The van der Waals surface area contributed by atoms with Gasteiger partial charge in [0.15, 0.2) is 9.79 Å². The van der Waals surface area contributed by atoms with Crippen LogP contribution in [0.15, 0.2) is 58.3 Å². The number of halogens is 6. The number of hydrogen-bond acceptors (Lipinski definition) is 0. The van der Waals surface area contributed by atoms with E-state index in [9.17, 15) is 25.2 Å². The first-order valence-electron chi connectivity index (χ1n) is 8.60. The molecule has 0 aliphatic rings. The van der Waals surface area contributed by atoms with E-state index in [0.717, 1.165) is 0 Å². The minimum absolute atomic E-state index is 0.226. The molecule has 8 heteroatoms. The van der Waals surface area contributed by atoms with Gasteiger partial charge in [-0.15, -0.1) is 0 Å². The molecule has 0 bridgehead atoms. The summed E-state index contributed by atoms with van der Waals surface area (Å²) in [7, 11) is -10.7. The quantitative estimate of drug-likeness (QED) is 0.188. The van der Waals surface area contributed by atoms with Crippen molar-refractivity contribution < 1.29 is 25.2 Å². The van der Waals surface area contributed by atoms with Gasteiger partial charge in [-0.3, -0.25) is 0 Å². The molecule has 0 aromatic heterocycles. The molecule has 2 rings (SSSR count). The molecule has 0 heterocycles. The van der Waals surface area contributed by atoms with E-state index < -0.39 is 7.81 Å². The van der Waals surface area contributed by atoms with Gasteiger partial charge in [0.2, 0.25) is 0 Å². The average molecular weight is 444 g/mol. The molecule has 2 aromatic rings. The molecule has 0 atom stereocenters. The molecule has 28 heavy (non-hydrogen) atoms. The fraction of sp³-hybridized carbons (Fsp3) is 0.400. The van der Waals surface area contributed by atoms with E-state index in [1.165, 1.54) is 32.7 Å². The van der Waals surface area contributed by atoms with E-state index in [0.29, 0.717) is 0 Å². The summed E-state index contributed by atoms with van der Waals surface area (Å²) < 4.78 is 59.2. The molecule has 160 valence electrons. The van der Waals surface area contributed by atoms with Crippen molar-refractivity contribution in [2.75, 3.05) is 0 Å². The Morgan fingerprint density at radius 2 is 0.750 bits per heavy atom. The van der Waals surface area contributed by atoms with Crippen molar-refractivity contribution in [1.29, 1.82) is 0 Å². The Hall–Kier alpha value is -1.20. The summed E-state index contributed by atoms with van der Waals surface area (Å²) in [6, 6.07) is 18.0. The van der Waals surface area contributed by atoms with E-state index in [1.807, 2.05) is 0 Å². The van der Waals surface area contributed by atoms with Crippen LogP contribution in [0.2, 0.25) is 0 Å². The standard InChI is InChI=1S/C20H26S.F6P/c1-19(2,3)15-7-11-17(12-8-15)21-18-13-9-16(10-14-18)20(4,5)6;1-7(2,3,4,5)6/h7-14H,1-6H3;/q;-1/p+1. The van der Waals surface area contributed by atoms with Crippen LogP contribution in [0.3, 0.4) is 0 Å². The molecule has 0 aliphatic heterocycles. The Morgan fingerprint density at radius 1 is 0.536 bits per heavy atom. The molecule has 0 nitrogen and oxygen atoms in total. The van der Waals surface area contributed by atoms with Crippen molar-refractivity contribution in [3.05, 3.63) is 59.7 Å². The van der Waals surface area contributed by atoms with Crippen LogP contribution in [0, 0.1) is 0 Å². The van der Waals surface area contributed by atoms with Gasteiger partial charge in [0.05, 0.1) is 0 Å². The molecule has 0 aliphatic carbocycles. The molecule has 2 aromatic carbocycles. The van der Waals surface area contributed by atoms with Crippen molar-refractivity contribution in [1.82, 2.24) is 0 Å². The van der Waals surface area contributed by atoms with Gasteiger partial charge >= 0.3 is 33.0 Å². The zero-order chi connectivity index (χ0) is 22.1. The summed E-state index contributed by atoms with van der Waals surface area (Å²) >= 11 is 1.28. The van der Waals surface area contributed by atoms with E-state index >= 15 is 0 Å². The average Bonchev–Trinajstić information content (AvgIpc) is 2.43. The molecular formula is C20H27F6PS. The second kappa shape index (κ2) is 7.24. The molecule has 0 radical (unpaired) electrons. The molecule has 0 saturated heterocycles. The number of rotatable bonds is 2. The Bertz CT molecular complexity index is 714.